The number of hydrogen-bond donors (Lipinski definition) is 2. The molecule has 3 nitrogen and oxygen atoms in total. The quantitative estimate of drug-likeness (QED) is 0.890. The molecule has 0 aliphatic carbocycles. The predicted molar refractivity (Wildman–Crippen MR) is 76.3 cm³/mol. The SMILES string of the molecule is Clc1ccc2[nH]cc(CCN3CCNCC3)c2c1. The molecule has 1 aliphatic rings. The van der Waals surface area contributed by atoms with E-state index >= 15 is 0 Å². The molecule has 0 unspecified atom stereocenters. The standard InChI is InChI=1S/C14H18ClN3/c15-12-1-2-14-13(9-12)11(10-17-14)3-6-18-7-4-16-5-8-18/h1-2,9-10,16-17H,3-8H2. The Morgan fingerprint density at radius 3 is 2.89 bits per heavy atom. The molecule has 4 heteroatoms. The van der Waals surface area contributed by atoms with Crippen LogP contribution in [0.5, 0.6) is 0 Å². The molecule has 1 aromatic heterocycles. The number of hydrogen-bond acceptors (Lipinski definition) is 2. The van der Waals surface area contributed by atoms with Crippen LogP contribution in [0.3, 0.4) is 0 Å². The fraction of sp³-hybridized carbons (Fsp3) is 0.429. The van der Waals surface area contributed by atoms with E-state index in [1.807, 2.05) is 12.1 Å². The molecule has 0 spiro atoms. The molecule has 0 bridgehead atoms. The fourth-order valence-corrected chi connectivity index (χ4v) is 2.74. The lowest BCUT2D eigenvalue weighted by atomic mass is 10.1. The van der Waals surface area contributed by atoms with Crippen LogP contribution < -0.4 is 5.32 Å². The number of H-pyrrole nitrogens is 1. The van der Waals surface area contributed by atoms with Gasteiger partial charge in [-0.3, -0.25) is 0 Å². The molecule has 1 aliphatic heterocycles. The minimum Gasteiger partial charge on any atom is -0.361 e. The van der Waals surface area contributed by atoms with E-state index in [-0.39, 0.29) is 0 Å². The third-order valence-corrected chi connectivity index (χ3v) is 3.87. The first-order valence-electron chi connectivity index (χ1n) is 6.51. The molecule has 2 N–H and O–H groups in total. The van der Waals surface area contributed by atoms with Crippen molar-refractivity contribution < 1.29 is 0 Å². The summed E-state index contributed by atoms with van der Waals surface area (Å²) in [6, 6.07) is 6.03. The van der Waals surface area contributed by atoms with Crippen LogP contribution in [0, 0.1) is 0 Å². The van der Waals surface area contributed by atoms with Crippen LogP contribution in [0.15, 0.2) is 24.4 Å². The summed E-state index contributed by atoms with van der Waals surface area (Å²) in [6.07, 6.45) is 3.20. The van der Waals surface area contributed by atoms with E-state index in [9.17, 15) is 0 Å². The number of rotatable bonds is 3. The summed E-state index contributed by atoms with van der Waals surface area (Å²) in [5.74, 6) is 0. The highest BCUT2D eigenvalue weighted by atomic mass is 35.5. The van der Waals surface area contributed by atoms with Gasteiger partial charge in [-0.2, -0.15) is 0 Å². The normalized spacial score (nSPS) is 17.4. The molecular weight excluding hydrogens is 246 g/mol. The number of piperazine rings is 1. The molecule has 0 saturated carbocycles. The number of nitrogens with one attached hydrogen (secondary N) is 2. The Kier molecular flexibility index (Phi) is 3.55. The zero-order valence-electron chi connectivity index (χ0n) is 10.4. The molecular formula is C14H18ClN3. The Morgan fingerprint density at radius 2 is 2.06 bits per heavy atom. The highest BCUT2D eigenvalue weighted by molar-refractivity contribution is 6.31. The summed E-state index contributed by atoms with van der Waals surface area (Å²) in [7, 11) is 0. The fourth-order valence-electron chi connectivity index (χ4n) is 2.57. The van der Waals surface area contributed by atoms with E-state index < -0.39 is 0 Å². The number of halogens is 1. The molecule has 0 amide bonds. The molecule has 2 heterocycles. The molecule has 1 fully saturated rings. The number of nitrogens with zero attached hydrogens (tertiary/aromatic N) is 1. The predicted octanol–water partition coefficient (Wildman–Crippen LogP) is 2.27. The van der Waals surface area contributed by atoms with Crippen molar-refractivity contribution >= 4 is 22.5 Å². The van der Waals surface area contributed by atoms with Gasteiger partial charge in [-0.25, -0.2) is 0 Å². The van der Waals surface area contributed by atoms with Crippen molar-refractivity contribution in [1.29, 1.82) is 0 Å². The van der Waals surface area contributed by atoms with Crippen molar-refractivity contribution in [3.63, 3.8) is 0 Å². The summed E-state index contributed by atoms with van der Waals surface area (Å²) >= 11 is 6.06. The van der Waals surface area contributed by atoms with Gasteiger partial charge in [0.25, 0.3) is 0 Å². The highest BCUT2D eigenvalue weighted by Crippen LogP contribution is 2.22. The lowest BCUT2D eigenvalue weighted by Crippen LogP contribution is -2.44. The summed E-state index contributed by atoms with van der Waals surface area (Å²) < 4.78 is 0. The van der Waals surface area contributed by atoms with Crippen molar-refractivity contribution in [2.45, 2.75) is 6.42 Å². The van der Waals surface area contributed by atoms with Gasteiger partial charge >= 0.3 is 0 Å². The number of fused-ring (bicyclic) bond motifs is 1. The second-order valence-electron chi connectivity index (χ2n) is 4.85. The van der Waals surface area contributed by atoms with Crippen LogP contribution in [0.2, 0.25) is 5.02 Å². The van der Waals surface area contributed by atoms with E-state index in [1.165, 1.54) is 16.5 Å². The number of aromatic amines is 1. The lowest BCUT2D eigenvalue weighted by molar-refractivity contribution is 0.244. The van der Waals surface area contributed by atoms with Gasteiger partial charge in [0.1, 0.15) is 0 Å². The summed E-state index contributed by atoms with van der Waals surface area (Å²) in [5.41, 5.74) is 2.54. The van der Waals surface area contributed by atoms with Crippen molar-refractivity contribution in [3.8, 4) is 0 Å². The first-order chi connectivity index (χ1) is 8.83. The Bertz CT molecular complexity index is 529. The maximum absolute atomic E-state index is 6.06. The largest absolute Gasteiger partial charge is 0.361 e. The topological polar surface area (TPSA) is 31.1 Å². The van der Waals surface area contributed by atoms with Crippen molar-refractivity contribution in [3.05, 3.63) is 35.0 Å². The smallest absolute Gasteiger partial charge is 0.0457 e. The molecule has 96 valence electrons. The van der Waals surface area contributed by atoms with Gasteiger partial charge in [0, 0.05) is 54.8 Å². The van der Waals surface area contributed by atoms with Crippen LogP contribution in [-0.4, -0.2) is 42.6 Å². The van der Waals surface area contributed by atoms with E-state index in [0.717, 1.165) is 44.2 Å². The third kappa shape index (κ3) is 2.53. The molecule has 18 heavy (non-hydrogen) atoms. The second kappa shape index (κ2) is 5.31. The summed E-state index contributed by atoms with van der Waals surface area (Å²) in [4.78, 5) is 5.83. The summed E-state index contributed by atoms with van der Waals surface area (Å²) in [5, 5.41) is 5.45. The molecule has 3 rings (SSSR count). The van der Waals surface area contributed by atoms with Crippen LogP contribution in [0.4, 0.5) is 0 Å². The molecule has 1 aromatic carbocycles. The van der Waals surface area contributed by atoms with E-state index in [2.05, 4.69) is 27.5 Å². The van der Waals surface area contributed by atoms with Gasteiger partial charge in [0.2, 0.25) is 0 Å². The van der Waals surface area contributed by atoms with Crippen molar-refractivity contribution in [2.24, 2.45) is 0 Å². The van der Waals surface area contributed by atoms with E-state index in [0.29, 0.717) is 0 Å². The summed E-state index contributed by atoms with van der Waals surface area (Å²) in [6.45, 7) is 5.66. The first kappa shape index (κ1) is 12.0. The van der Waals surface area contributed by atoms with Crippen molar-refractivity contribution in [1.82, 2.24) is 15.2 Å². The number of benzene rings is 1. The lowest BCUT2D eigenvalue weighted by Gasteiger charge is -2.26. The van der Waals surface area contributed by atoms with Crippen LogP contribution in [0.1, 0.15) is 5.56 Å². The van der Waals surface area contributed by atoms with Gasteiger partial charge < -0.3 is 15.2 Å². The van der Waals surface area contributed by atoms with Gasteiger partial charge in [-0.1, -0.05) is 11.6 Å². The maximum Gasteiger partial charge on any atom is 0.0457 e. The third-order valence-electron chi connectivity index (χ3n) is 3.64. The zero-order chi connectivity index (χ0) is 12.4. The average molecular weight is 264 g/mol. The first-order valence-corrected chi connectivity index (χ1v) is 6.89. The molecule has 0 radical (unpaired) electrons. The monoisotopic (exact) mass is 263 g/mol. The Morgan fingerprint density at radius 1 is 1.22 bits per heavy atom. The molecule has 1 saturated heterocycles. The Balaban J connectivity index is 1.72. The van der Waals surface area contributed by atoms with Crippen LogP contribution in [0.25, 0.3) is 10.9 Å². The minimum atomic E-state index is 0.811. The van der Waals surface area contributed by atoms with Crippen LogP contribution in [-0.2, 0) is 6.42 Å². The average Bonchev–Trinajstić information content (AvgIpc) is 2.80. The molecule has 2 aromatic rings. The van der Waals surface area contributed by atoms with Crippen LogP contribution >= 0.6 is 11.6 Å². The maximum atomic E-state index is 6.06. The van der Waals surface area contributed by atoms with Gasteiger partial charge in [-0.15, -0.1) is 0 Å². The van der Waals surface area contributed by atoms with Gasteiger partial charge in [-0.05, 0) is 30.2 Å². The van der Waals surface area contributed by atoms with E-state index in [1.54, 1.807) is 0 Å². The van der Waals surface area contributed by atoms with Crippen molar-refractivity contribution in [2.75, 3.05) is 32.7 Å². The Labute approximate surface area is 112 Å². The second-order valence-corrected chi connectivity index (χ2v) is 5.28. The van der Waals surface area contributed by atoms with Gasteiger partial charge in [0.15, 0.2) is 0 Å². The van der Waals surface area contributed by atoms with Gasteiger partial charge in [0.05, 0.1) is 0 Å². The minimum absolute atomic E-state index is 0.811. The number of aromatic nitrogens is 1. The van der Waals surface area contributed by atoms with E-state index in [4.69, 9.17) is 11.6 Å². The molecule has 0 atom stereocenters. The zero-order valence-corrected chi connectivity index (χ0v) is 11.1. The highest BCUT2D eigenvalue weighted by Gasteiger charge is 2.10. The Hall–Kier alpha value is -1.03.